The molecule has 5 heteroatoms. The number of nitrogens with two attached hydrogens (primary N) is 1. The average Bonchev–Trinajstić information content (AvgIpc) is 2.81. The first-order chi connectivity index (χ1) is 9.13. The Morgan fingerprint density at radius 1 is 1.42 bits per heavy atom. The van der Waals surface area contributed by atoms with Crippen LogP contribution in [0.25, 0.3) is 0 Å². The SMILES string of the molecule is CCCN(C(=O)c1ccnn1C)c1cccc(N)c1. The molecule has 0 fully saturated rings. The lowest BCUT2D eigenvalue weighted by Crippen LogP contribution is -2.33. The number of rotatable bonds is 4. The van der Waals surface area contributed by atoms with E-state index in [1.165, 1.54) is 0 Å². The van der Waals surface area contributed by atoms with Crippen LogP contribution in [-0.4, -0.2) is 22.2 Å². The number of aryl methyl sites for hydroxylation is 1. The molecule has 0 radical (unpaired) electrons. The van der Waals surface area contributed by atoms with E-state index >= 15 is 0 Å². The Morgan fingerprint density at radius 2 is 2.21 bits per heavy atom. The van der Waals surface area contributed by atoms with Crippen molar-refractivity contribution in [2.75, 3.05) is 17.2 Å². The van der Waals surface area contributed by atoms with Crippen molar-refractivity contribution in [1.82, 2.24) is 9.78 Å². The van der Waals surface area contributed by atoms with Crippen molar-refractivity contribution in [3.05, 3.63) is 42.2 Å². The van der Waals surface area contributed by atoms with E-state index in [1.807, 2.05) is 31.2 Å². The van der Waals surface area contributed by atoms with Gasteiger partial charge in [-0.2, -0.15) is 5.10 Å². The Labute approximate surface area is 112 Å². The molecule has 0 saturated heterocycles. The summed E-state index contributed by atoms with van der Waals surface area (Å²) in [6.07, 6.45) is 2.50. The largest absolute Gasteiger partial charge is 0.399 e. The summed E-state index contributed by atoms with van der Waals surface area (Å²) in [7, 11) is 1.76. The number of carbonyl (C=O) groups is 1. The molecule has 1 heterocycles. The molecule has 2 N–H and O–H groups in total. The molecule has 5 nitrogen and oxygen atoms in total. The van der Waals surface area contributed by atoms with E-state index in [-0.39, 0.29) is 5.91 Å². The molecule has 0 aliphatic rings. The number of hydrogen-bond donors (Lipinski definition) is 1. The minimum absolute atomic E-state index is 0.0625. The molecule has 1 aromatic heterocycles. The van der Waals surface area contributed by atoms with Crippen LogP contribution in [0.3, 0.4) is 0 Å². The van der Waals surface area contributed by atoms with Crippen LogP contribution in [0, 0.1) is 0 Å². The lowest BCUT2D eigenvalue weighted by molar-refractivity contribution is 0.0978. The summed E-state index contributed by atoms with van der Waals surface area (Å²) < 4.78 is 1.58. The molecule has 0 bridgehead atoms. The molecule has 0 spiro atoms. The second kappa shape index (κ2) is 5.56. The zero-order valence-corrected chi connectivity index (χ0v) is 11.2. The Balaban J connectivity index is 2.35. The predicted octanol–water partition coefficient (Wildman–Crippen LogP) is 2.06. The van der Waals surface area contributed by atoms with Gasteiger partial charge in [-0.05, 0) is 30.7 Å². The fourth-order valence-corrected chi connectivity index (χ4v) is 1.99. The first-order valence-electron chi connectivity index (χ1n) is 6.29. The van der Waals surface area contributed by atoms with Crippen molar-refractivity contribution in [2.24, 2.45) is 7.05 Å². The third kappa shape index (κ3) is 2.76. The predicted molar refractivity (Wildman–Crippen MR) is 76.0 cm³/mol. The molecule has 1 aromatic carbocycles. The number of carbonyl (C=O) groups excluding carboxylic acids is 1. The van der Waals surface area contributed by atoms with Crippen molar-refractivity contribution in [1.29, 1.82) is 0 Å². The molecule has 0 aliphatic heterocycles. The van der Waals surface area contributed by atoms with Crippen LogP contribution in [0.5, 0.6) is 0 Å². The quantitative estimate of drug-likeness (QED) is 0.854. The smallest absolute Gasteiger partial charge is 0.276 e. The highest BCUT2D eigenvalue weighted by molar-refractivity contribution is 6.05. The highest BCUT2D eigenvalue weighted by atomic mass is 16.2. The summed E-state index contributed by atoms with van der Waals surface area (Å²) >= 11 is 0. The lowest BCUT2D eigenvalue weighted by Gasteiger charge is -2.22. The fourth-order valence-electron chi connectivity index (χ4n) is 1.99. The van der Waals surface area contributed by atoms with Crippen LogP contribution in [0.4, 0.5) is 11.4 Å². The Morgan fingerprint density at radius 3 is 2.79 bits per heavy atom. The molecule has 100 valence electrons. The fraction of sp³-hybridized carbons (Fsp3) is 0.286. The van der Waals surface area contributed by atoms with Gasteiger partial charge >= 0.3 is 0 Å². The van der Waals surface area contributed by atoms with Crippen LogP contribution in [0.1, 0.15) is 23.8 Å². The van der Waals surface area contributed by atoms with E-state index in [9.17, 15) is 4.79 Å². The Bertz CT molecular complexity index is 576. The summed E-state index contributed by atoms with van der Waals surface area (Å²) in [6, 6.07) is 9.08. The molecule has 1 amide bonds. The minimum Gasteiger partial charge on any atom is -0.399 e. The van der Waals surface area contributed by atoms with Gasteiger partial charge < -0.3 is 10.6 Å². The van der Waals surface area contributed by atoms with Crippen LogP contribution in [0.2, 0.25) is 0 Å². The number of aromatic nitrogens is 2. The molecule has 2 aromatic rings. The van der Waals surface area contributed by atoms with Crippen LogP contribution in [-0.2, 0) is 7.05 Å². The Kier molecular flexibility index (Phi) is 3.85. The summed E-state index contributed by atoms with van der Waals surface area (Å²) in [5, 5.41) is 4.04. The van der Waals surface area contributed by atoms with Gasteiger partial charge in [0.25, 0.3) is 5.91 Å². The Hall–Kier alpha value is -2.30. The molecule has 0 aliphatic carbocycles. The maximum absolute atomic E-state index is 12.6. The normalized spacial score (nSPS) is 10.4. The standard InChI is InChI=1S/C14H18N4O/c1-3-9-18(12-6-4-5-11(15)10-12)14(19)13-7-8-16-17(13)2/h4-8,10H,3,9,15H2,1-2H3. The van der Waals surface area contributed by atoms with E-state index in [4.69, 9.17) is 5.73 Å². The van der Waals surface area contributed by atoms with E-state index < -0.39 is 0 Å². The lowest BCUT2D eigenvalue weighted by atomic mass is 10.2. The molecule has 2 rings (SSSR count). The second-order valence-corrected chi connectivity index (χ2v) is 4.39. The van der Waals surface area contributed by atoms with Gasteiger partial charge in [0.2, 0.25) is 0 Å². The third-order valence-electron chi connectivity index (χ3n) is 2.91. The van der Waals surface area contributed by atoms with E-state index in [1.54, 1.807) is 28.9 Å². The number of hydrogen-bond acceptors (Lipinski definition) is 3. The number of amides is 1. The topological polar surface area (TPSA) is 64.2 Å². The zero-order valence-electron chi connectivity index (χ0n) is 11.2. The summed E-state index contributed by atoms with van der Waals surface area (Å²) in [5.74, 6) is -0.0625. The van der Waals surface area contributed by atoms with Crippen LogP contribution in [0.15, 0.2) is 36.5 Å². The number of nitrogens with zero attached hydrogens (tertiary/aromatic N) is 3. The maximum atomic E-state index is 12.6. The average molecular weight is 258 g/mol. The maximum Gasteiger partial charge on any atom is 0.276 e. The first kappa shape index (κ1) is 13.1. The molecule has 0 atom stereocenters. The van der Waals surface area contributed by atoms with Gasteiger partial charge in [0.15, 0.2) is 0 Å². The monoisotopic (exact) mass is 258 g/mol. The number of anilines is 2. The van der Waals surface area contributed by atoms with Crippen molar-refractivity contribution in [3.8, 4) is 0 Å². The van der Waals surface area contributed by atoms with E-state index in [2.05, 4.69) is 5.10 Å². The van der Waals surface area contributed by atoms with Gasteiger partial charge in [-0.25, -0.2) is 0 Å². The highest BCUT2D eigenvalue weighted by Gasteiger charge is 2.19. The first-order valence-corrected chi connectivity index (χ1v) is 6.29. The van der Waals surface area contributed by atoms with Crippen molar-refractivity contribution in [3.63, 3.8) is 0 Å². The van der Waals surface area contributed by atoms with Gasteiger partial charge in [0, 0.05) is 31.2 Å². The zero-order chi connectivity index (χ0) is 13.8. The van der Waals surface area contributed by atoms with Gasteiger partial charge in [0.1, 0.15) is 5.69 Å². The summed E-state index contributed by atoms with van der Waals surface area (Å²) in [5.41, 5.74) is 7.81. The number of nitrogen functional groups attached to an aromatic ring is 1. The van der Waals surface area contributed by atoms with E-state index in [0.29, 0.717) is 17.9 Å². The summed E-state index contributed by atoms with van der Waals surface area (Å²) in [6.45, 7) is 2.68. The van der Waals surface area contributed by atoms with Gasteiger partial charge in [-0.1, -0.05) is 13.0 Å². The molecular weight excluding hydrogens is 240 g/mol. The molecule has 0 unspecified atom stereocenters. The van der Waals surface area contributed by atoms with Crippen molar-refractivity contribution < 1.29 is 4.79 Å². The van der Waals surface area contributed by atoms with Gasteiger partial charge in [-0.3, -0.25) is 9.48 Å². The minimum atomic E-state index is -0.0625. The molecular formula is C14H18N4O. The van der Waals surface area contributed by atoms with Gasteiger partial charge in [-0.15, -0.1) is 0 Å². The second-order valence-electron chi connectivity index (χ2n) is 4.39. The van der Waals surface area contributed by atoms with Crippen molar-refractivity contribution in [2.45, 2.75) is 13.3 Å². The highest BCUT2D eigenvalue weighted by Crippen LogP contribution is 2.20. The van der Waals surface area contributed by atoms with E-state index in [0.717, 1.165) is 12.1 Å². The number of benzene rings is 1. The van der Waals surface area contributed by atoms with Gasteiger partial charge in [0.05, 0.1) is 0 Å². The van der Waals surface area contributed by atoms with Crippen molar-refractivity contribution >= 4 is 17.3 Å². The third-order valence-corrected chi connectivity index (χ3v) is 2.91. The summed E-state index contributed by atoms with van der Waals surface area (Å²) in [4.78, 5) is 14.3. The van der Waals surface area contributed by atoms with Crippen LogP contribution >= 0.6 is 0 Å². The van der Waals surface area contributed by atoms with Crippen LogP contribution < -0.4 is 10.6 Å². The molecule has 19 heavy (non-hydrogen) atoms. The molecule has 0 saturated carbocycles.